The highest BCUT2D eigenvalue weighted by molar-refractivity contribution is 8.01. The van der Waals surface area contributed by atoms with Crippen LogP contribution in [0.15, 0.2) is 53.4 Å². The minimum atomic E-state index is -0.420. The zero-order valence-corrected chi connectivity index (χ0v) is 13.8. The van der Waals surface area contributed by atoms with Crippen LogP contribution in [0.2, 0.25) is 5.02 Å². The lowest BCUT2D eigenvalue weighted by Gasteiger charge is -2.23. The number of anilines is 1. The van der Waals surface area contributed by atoms with Crippen LogP contribution in [0.1, 0.15) is 12.0 Å². The Labute approximate surface area is 143 Å². The molecule has 2 amide bonds. The second kappa shape index (κ2) is 7.06. The third kappa shape index (κ3) is 3.86. The van der Waals surface area contributed by atoms with Crippen LogP contribution in [-0.2, 0) is 16.1 Å². The minimum Gasteiger partial charge on any atom is -0.352 e. The molecule has 1 atom stereocenters. The van der Waals surface area contributed by atoms with Crippen molar-refractivity contribution >= 4 is 40.9 Å². The molecule has 0 radical (unpaired) electrons. The molecule has 0 unspecified atom stereocenters. The van der Waals surface area contributed by atoms with E-state index in [9.17, 15) is 9.59 Å². The van der Waals surface area contributed by atoms with Crippen molar-refractivity contribution in [2.24, 2.45) is 0 Å². The Kier molecular flexibility index (Phi) is 4.88. The predicted molar refractivity (Wildman–Crippen MR) is 92.6 cm³/mol. The lowest BCUT2D eigenvalue weighted by Crippen LogP contribution is -2.34. The van der Waals surface area contributed by atoms with E-state index >= 15 is 0 Å². The number of nitrogens with one attached hydrogen (secondary N) is 2. The third-order valence-electron chi connectivity index (χ3n) is 3.51. The highest BCUT2D eigenvalue weighted by Gasteiger charge is 2.28. The summed E-state index contributed by atoms with van der Waals surface area (Å²) in [4.78, 5) is 25.2. The number of fused-ring (bicyclic) bond motifs is 1. The molecule has 1 heterocycles. The molecule has 23 heavy (non-hydrogen) atoms. The fourth-order valence-electron chi connectivity index (χ4n) is 2.30. The summed E-state index contributed by atoms with van der Waals surface area (Å²) in [6.45, 7) is 0.355. The monoisotopic (exact) mass is 346 g/mol. The summed E-state index contributed by atoms with van der Waals surface area (Å²) in [6, 6.07) is 14.9. The molecule has 0 saturated carbocycles. The second-order valence-electron chi connectivity index (χ2n) is 5.16. The van der Waals surface area contributed by atoms with Gasteiger partial charge in [-0.05, 0) is 23.8 Å². The molecular weight excluding hydrogens is 332 g/mol. The van der Waals surface area contributed by atoms with Gasteiger partial charge in [0.25, 0.3) is 0 Å². The largest absolute Gasteiger partial charge is 0.352 e. The Bertz CT molecular complexity index is 751. The first-order valence-electron chi connectivity index (χ1n) is 7.20. The fourth-order valence-corrected chi connectivity index (χ4v) is 3.62. The first kappa shape index (κ1) is 15.9. The van der Waals surface area contributed by atoms with E-state index in [0.717, 1.165) is 16.1 Å². The Morgan fingerprint density at radius 2 is 1.91 bits per heavy atom. The molecule has 1 aliphatic heterocycles. The normalized spacial score (nSPS) is 16.4. The molecule has 0 fully saturated rings. The van der Waals surface area contributed by atoms with Crippen molar-refractivity contribution in [2.75, 3.05) is 5.32 Å². The van der Waals surface area contributed by atoms with Crippen molar-refractivity contribution in [3.05, 3.63) is 59.1 Å². The third-order valence-corrected chi connectivity index (χ3v) is 5.16. The maximum Gasteiger partial charge on any atom is 0.238 e. The van der Waals surface area contributed by atoms with E-state index in [2.05, 4.69) is 10.6 Å². The van der Waals surface area contributed by atoms with Crippen molar-refractivity contribution in [3.8, 4) is 0 Å². The Morgan fingerprint density at radius 3 is 2.74 bits per heavy atom. The molecule has 2 N–H and O–H groups in total. The predicted octanol–water partition coefficient (Wildman–Crippen LogP) is 3.46. The number of hydrogen-bond donors (Lipinski definition) is 2. The summed E-state index contributed by atoms with van der Waals surface area (Å²) in [7, 11) is 0. The molecule has 0 bridgehead atoms. The van der Waals surface area contributed by atoms with Gasteiger partial charge in [-0.25, -0.2) is 0 Å². The molecule has 2 aromatic carbocycles. The number of para-hydroxylation sites is 1. The van der Waals surface area contributed by atoms with Gasteiger partial charge in [0.05, 0.1) is 10.9 Å². The summed E-state index contributed by atoms with van der Waals surface area (Å²) < 4.78 is 0. The molecule has 4 nitrogen and oxygen atoms in total. The molecule has 6 heteroatoms. The van der Waals surface area contributed by atoms with Gasteiger partial charge in [-0.3, -0.25) is 9.59 Å². The van der Waals surface area contributed by atoms with E-state index in [1.807, 2.05) is 42.5 Å². The molecule has 0 spiro atoms. The van der Waals surface area contributed by atoms with Gasteiger partial charge in [0, 0.05) is 22.9 Å². The van der Waals surface area contributed by atoms with Gasteiger partial charge >= 0.3 is 0 Å². The van der Waals surface area contributed by atoms with Gasteiger partial charge in [0.2, 0.25) is 11.8 Å². The van der Waals surface area contributed by atoms with E-state index in [1.165, 1.54) is 11.8 Å². The minimum absolute atomic E-state index is 0.134. The Balaban J connectivity index is 1.58. The van der Waals surface area contributed by atoms with Crippen LogP contribution in [0.5, 0.6) is 0 Å². The first-order valence-corrected chi connectivity index (χ1v) is 8.46. The average Bonchev–Trinajstić information content (AvgIpc) is 2.55. The van der Waals surface area contributed by atoms with Crippen molar-refractivity contribution < 1.29 is 9.59 Å². The number of halogens is 1. The highest BCUT2D eigenvalue weighted by Crippen LogP contribution is 2.36. The second-order valence-corrected chi connectivity index (χ2v) is 6.82. The van der Waals surface area contributed by atoms with E-state index in [1.54, 1.807) is 6.07 Å². The van der Waals surface area contributed by atoms with Gasteiger partial charge in [0.1, 0.15) is 0 Å². The van der Waals surface area contributed by atoms with Gasteiger partial charge in [-0.15, -0.1) is 11.8 Å². The molecule has 118 valence electrons. The molecule has 3 rings (SSSR count). The molecule has 0 aliphatic carbocycles. The average molecular weight is 347 g/mol. The highest BCUT2D eigenvalue weighted by atomic mass is 35.5. The lowest BCUT2D eigenvalue weighted by atomic mass is 10.2. The number of carbonyl (C=O) groups is 2. The smallest absolute Gasteiger partial charge is 0.238 e. The van der Waals surface area contributed by atoms with Crippen LogP contribution in [-0.4, -0.2) is 17.1 Å². The molecule has 0 saturated heterocycles. The SMILES string of the molecule is O=C(C[C@@H]1Sc2ccccc2NC1=O)NCc1ccccc1Cl. The van der Waals surface area contributed by atoms with Gasteiger partial charge < -0.3 is 10.6 Å². The fraction of sp³-hybridized carbons (Fsp3) is 0.176. The molecule has 0 aromatic heterocycles. The first-order chi connectivity index (χ1) is 11.1. The molecular formula is C17H15ClN2O2S. The molecule has 2 aromatic rings. The van der Waals surface area contributed by atoms with Crippen LogP contribution in [0.4, 0.5) is 5.69 Å². The van der Waals surface area contributed by atoms with E-state index in [0.29, 0.717) is 11.6 Å². The number of carbonyl (C=O) groups excluding carboxylic acids is 2. The quantitative estimate of drug-likeness (QED) is 0.891. The Morgan fingerprint density at radius 1 is 1.17 bits per heavy atom. The maximum absolute atomic E-state index is 12.1. The van der Waals surface area contributed by atoms with Crippen LogP contribution >= 0.6 is 23.4 Å². The van der Waals surface area contributed by atoms with Gasteiger partial charge in [0.15, 0.2) is 0 Å². The van der Waals surface area contributed by atoms with Crippen LogP contribution in [0.3, 0.4) is 0 Å². The summed E-state index contributed by atoms with van der Waals surface area (Å²) >= 11 is 7.48. The summed E-state index contributed by atoms with van der Waals surface area (Å²) in [6.07, 6.45) is 0.134. The van der Waals surface area contributed by atoms with Crippen molar-refractivity contribution in [2.45, 2.75) is 23.1 Å². The van der Waals surface area contributed by atoms with Crippen LogP contribution in [0, 0.1) is 0 Å². The summed E-state index contributed by atoms with van der Waals surface area (Å²) in [5.74, 6) is -0.307. The number of rotatable bonds is 4. The number of benzene rings is 2. The zero-order valence-electron chi connectivity index (χ0n) is 12.2. The van der Waals surface area contributed by atoms with E-state index in [-0.39, 0.29) is 18.2 Å². The van der Waals surface area contributed by atoms with Crippen molar-refractivity contribution in [1.82, 2.24) is 5.32 Å². The van der Waals surface area contributed by atoms with E-state index < -0.39 is 5.25 Å². The number of thioether (sulfide) groups is 1. The Hall–Kier alpha value is -1.98. The number of amides is 2. The van der Waals surface area contributed by atoms with Gasteiger partial charge in [-0.2, -0.15) is 0 Å². The van der Waals surface area contributed by atoms with Crippen molar-refractivity contribution in [3.63, 3.8) is 0 Å². The van der Waals surface area contributed by atoms with Crippen LogP contribution < -0.4 is 10.6 Å². The van der Waals surface area contributed by atoms with Crippen molar-refractivity contribution in [1.29, 1.82) is 0 Å². The standard InChI is InChI=1S/C17H15ClN2O2S/c18-12-6-2-1-5-11(12)10-19-16(21)9-15-17(22)20-13-7-3-4-8-14(13)23-15/h1-8,15H,9-10H2,(H,19,21)(H,20,22)/t15-/m0/s1. The molecule has 1 aliphatic rings. The van der Waals surface area contributed by atoms with E-state index in [4.69, 9.17) is 11.6 Å². The van der Waals surface area contributed by atoms with Crippen LogP contribution in [0.25, 0.3) is 0 Å². The zero-order chi connectivity index (χ0) is 16.2. The lowest BCUT2D eigenvalue weighted by molar-refractivity contribution is -0.124. The summed E-state index contributed by atoms with van der Waals surface area (Å²) in [5, 5.41) is 5.85. The number of hydrogen-bond acceptors (Lipinski definition) is 3. The van der Waals surface area contributed by atoms with Gasteiger partial charge in [-0.1, -0.05) is 41.9 Å². The maximum atomic E-state index is 12.1. The summed E-state index contributed by atoms with van der Waals surface area (Å²) in [5.41, 5.74) is 1.66. The topological polar surface area (TPSA) is 58.2 Å².